The maximum absolute atomic E-state index is 6.80. The van der Waals surface area contributed by atoms with Crippen LogP contribution in [-0.4, -0.2) is 15.0 Å². The first-order valence-electron chi connectivity index (χ1n) is 15.7. The molecule has 0 aliphatic rings. The van der Waals surface area contributed by atoms with Crippen LogP contribution in [0.25, 0.3) is 89.1 Å². The first kappa shape index (κ1) is 27.0. The Morgan fingerprint density at radius 3 is 1.45 bits per heavy atom. The minimum absolute atomic E-state index is 0.568. The van der Waals surface area contributed by atoms with Gasteiger partial charge in [0.1, 0.15) is 11.2 Å². The fourth-order valence-electron chi connectivity index (χ4n) is 6.44. The first-order valence-corrected chi connectivity index (χ1v) is 15.7. The van der Waals surface area contributed by atoms with Gasteiger partial charge in [-0.05, 0) is 39.8 Å². The Morgan fingerprint density at radius 1 is 0.298 bits per heavy atom. The molecule has 0 aliphatic heterocycles. The van der Waals surface area contributed by atoms with Crippen LogP contribution in [0.3, 0.4) is 0 Å². The molecule has 0 aliphatic carbocycles. The predicted molar refractivity (Wildman–Crippen MR) is 192 cm³/mol. The molecule has 9 rings (SSSR count). The maximum atomic E-state index is 6.80. The second-order valence-corrected chi connectivity index (χ2v) is 11.6. The fourth-order valence-corrected chi connectivity index (χ4v) is 6.44. The van der Waals surface area contributed by atoms with Crippen LogP contribution in [0.2, 0.25) is 0 Å². The first-order chi connectivity index (χ1) is 23.3. The predicted octanol–water partition coefficient (Wildman–Crippen LogP) is 11.3. The molecular weight excluding hydrogens is 574 g/mol. The van der Waals surface area contributed by atoms with E-state index >= 15 is 0 Å². The minimum Gasteiger partial charge on any atom is -0.455 e. The van der Waals surface area contributed by atoms with Crippen molar-refractivity contribution in [2.75, 3.05) is 0 Å². The SMILES string of the molecule is c1ccc(-c2ccc(-c3nc(-c4ccccc4)nc(-c4cccc5c4oc4c6ccccc6c(-c6ccccc6)cc54)n3)cc2)cc1. The number of furan rings is 1. The Labute approximate surface area is 271 Å². The third kappa shape index (κ3) is 4.75. The van der Waals surface area contributed by atoms with Crippen LogP contribution in [0.15, 0.2) is 168 Å². The van der Waals surface area contributed by atoms with Crippen molar-refractivity contribution in [3.05, 3.63) is 164 Å². The zero-order valence-corrected chi connectivity index (χ0v) is 25.3. The van der Waals surface area contributed by atoms with Crippen molar-refractivity contribution < 1.29 is 4.42 Å². The van der Waals surface area contributed by atoms with Crippen molar-refractivity contribution in [3.63, 3.8) is 0 Å². The molecule has 0 amide bonds. The van der Waals surface area contributed by atoms with Gasteiger partial charge in [-0.15, -0.1) is 0 Å². The van der Waals surface area contributed by atoms with E-state index in [9.17, 15) is 0 Å². The molecule has 0 atom stereocenters. The molecule has 47 heavy (non-hydrogen) atoms. The summed E-state index contributed by atoms with van der Waals surface area (Å²) in [5.74, 6) is 1.79. The van der Waals surface area contributed by atoms with Crippen molar-refractivity contribution in [3.8, 4) is 56.4 Å². The Morgan fingerprint density at radius 2 is 0.766 bits per heavy atom. The third-order valence-corrected chi connectivity index (χ3v) is 8.75. The Kier molecular flexibility index (Phi) is 6.43. The molecule has 0 unspecified atom stereocenters. The van der Waals surface area contributed by atoms with Crippen LogP contribution < -0.4 is 0 Å². The van der Waals surface area contributed by atoms with Gasteiger partial charge in [-0.2, -0.15) is 0 Å². The summed E-state index contributed by atoms with van der Waals surface area (Å²) < 4.78 is 6.80. The standard InChI is InChI=1S/C43H27N3O/c1-4-13-28(14-5-1)29-23-25-32(26-24-29)42-44-41(31-17-8-3-9-18-31)45-43(46-42)36-22-12-21-35-38-27-37(30-15-6-2-7-16-30)33-19-10-11-20-34(33)40(38)47-39(35)36/h1-27H. The Bertz CT molecular complexity index is 2540. The number of hydrogen-bond donors (Lipinski definition) is 0. The number of nitrogens with zero attached hydrogens (tertiary/aromatic N) is 3. The van der Waals surface area contributed by atoms with Gasteiger partial charge < -0.3 is 4.42 Å². The number of hydrogen-bond acceptors (Lipinski definition) is 4. The zero-order chi connectivity index (χ0) is 31.2. The van der Waals surface area contributed by atoms with Crippen molar-refractivity contribution in [2.45, 2.75) is 0 Å². The van der Waals surface area contributed by atoms with Gasteiger partial charge in [-0.1, -0.05) is 152 Å². The molecule has 9 aromatic rings. The quantitative estimate of drug-likeness (QED) is 0.197. The second-order valence-electron chi connectivity index (χ2n) is 11.6. The number of benzene rings is 7. The number of aromatic nitrogens is 3. The molecule has 4 nitrogen and oxygen atoms in total. The minimum atomic E-state index is 0.568. The van der Waals surface area contributed by atoms with Crippen molar-refractivity contribution in [1.29, 1.82) is 0 Å². The van der Waals surface area contributed by atoms with Gasteiger partial charge in [0.25, 0.3) is 0 Å². The lowest BCUT2D eigenvalue weighted by Gasteiger charge is -2.09. The molecule has 0 fully saturated rings. The van der Waals surface area contributed by atoms with Crippen LogP contribution in [0.4, 0.5) is 0 Å². The molecule has 0 saturated carbocycles. The summed E-state index contributed by atoms with van der Waals surface area (Å²) in [7, 11) is 0. The van der Waals surface area contributed by atoms with Crippen LogP contribution in [-0.2, 0) is 0 Å². The fraction of sp³-hybridized carbons (Fsp3) is 0. The van der Waals surface area contributed by atoms with E-state index in [-0.39, 0.29) is 0 Å². The summed E-state index contributed by atoms with van der Waals surface area (Å²) >= 11 is 0. The highest BCUT2D eigenvalue weighted by Crippen LogP contribution is 2.42. The smallest absolute Gasteiger partial charge is 0.167 e. The van der Waals surface area contributed by atoms with E-state index in [1.165, 1.54) is 16.7 Å². The lowest BCUT2D eigenvalue weighted by Crippen LogP contribution is -2.00. The third-order valence-electron chi connectivity index (χ3n) is 8.75. The summed E-state index contributed by atoms with van der Waals surface area (Å²) in [6.07, 6.45) is 0. The van der Waals surface area contributed by atoms with E-state index < -0.39 is 0 Å². The van der Waals surface area contributed by atoms with Crippen LogP contribution in [0, 0.1) is 0 Å². The number of fused-ring (bicyclic) bond motifs is 5. The molecule has 2 heterocycles. The van der Waals surface area contributed by atoms with Crippen LogP contribution in [0.5, 0.6) is 0 Å². The molecule has 0 N–H and O–H groups in total. The van der Waals surface area contributed by atoms with E-state index in [0.717, 1.165) is 55.0 Å². The summed E-state index contributed by atoms with van der Waals surface area (Å²) in [5.41, 5.74) is 8.94. The summed E-state index contributed by atoms with van der Waals surface area (Å²) in [5, 5.41) is 4.31. The van der Waals surface area contributed by atoms with Gasteiger partial charge in [0.05, 0.1) is 5.56 Å². The average molecular weight is 602 g/mol. The van der Waals surface area contributed by atoms with Crippen molar-refractivity contribution >= 4 is 32.7 Å². The number of rotatable bonds is 5. The number of para-hydroxylation sites is 1. The molecule has 2 aromatic heterocycles. The molecule has 0 spiro atoms. The van der Waals surface area contributed by atoms with Gasteiger partial charge >= 0.3 is 0 Å². The topological polar surface area (TPSA) is 51.8 Å². The summed E-state index contributed by atoms with van der Waals surface area (Å²) in [6, 6.07) is 56.3. The van der Waals surface area contributed by atoms with Gasteiger partial charge in [0.2, 0.25) is 0 Å². The summed E-state index contributed by atoms with van der Waals surface area (Å²) in [4.78, 5) is 15.1. The van der Waals surface area contributed by atoms with Gasteiger partial charge in [-0.3, -0.25) is 0 Å². The molecule has 4 heteroatoms. The average Bonchev–Trinajstić information content (AvgIpc) is 3.55. The van der Waals surface area contributed by atoms with E-state index in [1.54, 1.807) is 0 Å². The zero-order valence-electron chi connectivity index (χ0n) is 25.3. The van der Waals surface area contributed by atoms with Crippen molar-refractivity contribution in [2.24, 2.45) is 0 Å². The van der Waals surface area contributed by atoms with Gasteiger partial charge in [-0.25, -0.2) is 15.0 Å². The van der Waals surface area contributed by atoms with Crippen LogP contribution in [0.1, 0.15) is 0 Å². The largest absolute Gasteiger partial charge is 0.455 e. The maximum Gasteiger partial charge on any atom is 0.167 e. The second kappa shape index (κ2) is 11.2. The monoisotopic (exact) mass is 601 g/mol. The lowest BCUT2D eigenvalue weighted by molar-refractivity contribution is 0.673. The normalized spacial score (nSPS) is 11.4. The molecule has 0 bridgehead atoms. The van der Waals surface area contributed by atoms with Crippen LogP contribution >= 0.6 is 0 Å². The lowest BCUT2D eigenvalue weighted by atomic mass is 9.95. The Hall–Kier alpha value is -6.39. The van der Waals surface area contributed by atoms with Gasteiger partial charge in [0.15, 0.2) is 17.5 Å². The highest BCUT2D eigenvalue weighted by Gasteiger charge is 2.20. The molecule has 220 valence electrons. The van der Waals surface area contributed by atoms with E-state index in [4.69, 9.17) is 19.4 Å². The van der Waals surface area contributed by atoms with E-state index in [2.05, 4.69) is 115 Å². The van der Waals surface area contributed by atoms with E-state index in [0.29, 0.717) is 17.5 Å². The highest BCUT2D eigenvalue weighted by molar-refractivity contribution is 6.20. The highest BCUT2D eigenvalue weighted by atomic mass is 16.3. The Balaban J connectivity index is 1.25. The molecular formula is C43H27N3O. The van der Waals surface area contributed by atoms with Crippen molar-refractivity contribution in [1.82, 2.24) is 15.0 Å². The molecule has 0 saturated heterocycles. The van der Waals surface area contributed by atoms with E-state index in [1.807, 2.05) is 48.5 Å². The molecule has 0 radical (unpaired) electrons. The summed E-state index contributed by atoms with van der Waals surface area (Å²) in [6.45, 7) is 0. The van der Waals surface area contributed by atoms with Gasteiger partial charge in [0, 0.05) is 27.3 Å². The molecule has 7 aromatic carbocycles.